The van der Waals surface area contributed by atoms with Gasteiger partial charge in [-0.2, -0.15) is 0 Å². The molecule has 0 saturated carbocycles. The van der Waals surface area contributed by atoms with Gasteiger partial charge in [-0.3, -0.25) is 14.6 Å². The minimum absolute atomic E-state index is 0.00112. The summed E-state index contributed by atoms with van der Waals surface area (Å²) >= 11 is 0. The summed E-state index contributed by atoms with van der Waals surface area (Å²) in [6, 6.07) is 8.39. The van der Waals surface area contributed by atoms with Gasteiger partial charge < -0.3 is 14.5 Å². The van der Waals surface area contributed by atoms with Crippen LogP contribution in [0.5, 0.6) is 0 Å². The number of nitrogens with zero attached hydrogens (tertiary/aromatic N) is 4. The molecule has 1 amide bonds. The lowest BCUT2D eigenvalue weighted by Gasteiger charge is -2.35. The topological polar surface area (TPSA) is 92.7 Å². The molecule has 37 heavy (non-hydrogen) atoms. The fourth-order valence-corrected chi connectivity index (χ4v) is 5.40. The molecule has 0 spiro atoms. The first-order chi connectivity index (χ1) is 17.9. The quantitative estimate of drug-likeness (QED) is 0.280. The van der Waals surface area contributed by atoms with Gasteiger partial charge in [0.15, 0.2) is 11.5 Å². The molecule has 3 aromatic rings. The number of benzene rings is 1. The van der Waals surface area contributed by atoms with Crippen LogP contribution < -0.4 is 4.90 Å². The number of likely N-dealkylation sites (tertiary alicyclic amines) is 1. The van der Waals surface area contributed by atoms with Gasteiger partial charge in [-0.25, -0.2) is 18.6 Å². The van der Waals surface area contributed by atoms with Crippen molar-refractivity contribution in [1.29, 1.82) is 0 Å². The smallest absolute Gasteiger partial charge is 0.364 e. The van der Waals surface area contributed by atoms with Crippen molar-refractivity contribution in [2.75, 3.05) is 24.5 Å². The van der Waals surface area contributed by atoms with Crippen LogP contribution in [0.2, 0.25) is 0 Å². The van der Waals surface area contributed by atoms with Gasteiger partial charge in [-0.1, -0.05) is 12.1 Å². The van der Waals surface area contributed by atoms with E-state index in [-0.39, 0.29) is 29.6 Å². The molecule has 8 nitrogen and oxygen atoms in total. The molecule has 0 N–H and O–H groups in total. The second-order valence-corrected chi connectivity index (χ2v) is 9.35. The highest BCUT2D eigenvalue weighted by Gasteiger charge is 2.30. The number of amides is 1. The van der Waals surface area contributed by atoms with Crippen molar-refractivity contribution in [3.63, 3.8) is 0 Å². The van der Waals surface area contributed by atoms with Crippen LogP contribution in [0.1, 0.15) is 65.7 Å². The molecule has 2 aromatic heterocycles. The van der Waals surface area contributed by atoms with E-state index in [9.17, 15) is 23.2 Å². The minimum atomic E-state index is -2.67. The Labute approximate surface area is 212 Å². The number of rotatable bonds is 5. The number of hydrogen-bond acceptors (Lipinski definition) is 7. The van der Waals surface area contributed by atoms with E-state index in [1.807, 2.05) is 11.0 Å². The second-order valence-electron chi connectivity index (χ2n) is 9.35. The number of aromatic nitrogens is 2. The Morgan fingerprint density at radius 2 is 1.95 bits per heavy atom. The van der Waals surface area contributed by atoms with Crippen molar-refractivity contribution in [3.8, 4) is 0 Å². The van der Waals surface area contributed by atoms with Gasteiger partial charge in [0.25, 0.3) is 6.43 Å². The Bertz CT molecular complexity index is 1370. The Morgan fingerprint density at radius 3 is 2.65 bits per heavy atom. The summed E-state index contributed by atoms with van der Waals surface area (Å²) in [5.41, 5.74) is 2.58. The third-order valence-electron chi connectivity index (χ3n) is 7.21. The van der Waals surface area contributed by atoms with Crippen LogP contribution in [0.15, 0.2) is 36.5 Å². The van der Waals surface area contributed by atoms with Crippen LogP contribution in [0, 0.1) is 0 Å². The van der Waals surface area contributed by atoms with Gasteiger partial charge in [-0.15, -0.1) is 0 Å². The number of alkyl halides is 2. The lowest BCUT2D eigenvalue weighted by molar-refractivity contribution is -0.130. The van der Waals surface area contributed by atoms with E-state index in [1.165, 1.54) is 13.0 Å². The molecule has 1 aromatic carbocycles. The summed E-state index contributed by atoms with van der Waals surface area (Å²) in [4.78, 5) is 47.2. The molecule has 10 heteroatoms. The van der Waals surface area contributed by atoms with Gasteiger partial charge in [0.2, 0.25) is 5.91 Å². The number of anilines is 2. The lowest BCUT2D eigenvalue weighted by atomic mass is 9.83. The number of halogens is 2. The van der Waals surface area contributed by atoms with E-state index >= 15 is 0 Å². The van der Waals surface area contributed by atoms with Crippen molar-refractivity contribution >= 4 is 40.8 Å². The molecule has 2 aliphatic heterocycles. The van der Waals surface area contributed by atoms with E-state index in [1.54, 1.807) is 29.3 Å². The summed E-state index contributed by atoms with van der Waals surface area (Å²) in [6.07, 6.45) is 1.67. The highest BCUT2D eigenvalue weighted by molar-refractivity contribution is 5.99. The maximum Gasteiger partial charge on any atom is 0.364 e. The molecule has 0 aliphatic carbocycles. The Kier molecular flexibility index (Phi) is 6.82. The van der Waals surface area contributed by atoms with Crippen molar-refractivity contribution < 1.29 is 27.9 Å². The molecule has 1 fully saturated rings. The Balaban J connectivity index is 1.59. The fourth-order valence-electron chi connectivity index (χ4n) is 5.40. The van der Waals surface area contributed by atoms with Crippen LogP contribution in [-0.4, -0.2) is 52.9 Å². The third kappa shape index (κ3) is 4.75. The van der Waals surface area contributed by atoms with Crippen LogP contribution in [0.25, 0.3) is 10.9 Å². The number of carbonyl (C=O) groups is 3. The molecular weight excluding hydrogens is 482 g/mol. The third-order valence-corrected chi connectivity index (χ3v) is 7.21. The van der Waals surface area contributed by atoms with Crippen LogP contribution in [-0.2, 0) is 20.7 Å². The van der Waals surface area contributed by atoms with Crippen molar-refractivity contribution in [2.45, 2.75) is 45.0 Å². The van der Waals surface area contributed by atoms with Gasteiger partial charge in [0.1, 0.15) is 5.52 Å². The molecule has 4 heterocycles. The lowest BCUT2D eigenvalue weighted by Crippen LogP contribution is -2.36. The summed E-state index contributed by atoms with van der Waals surface area (Å²) < 4.78 is 33.3. The first-order valence-electron chi connectivity index (χ1n) is 12.3. The van der Waals surface area contributed by atoms with Gasteiger partial charge in [0.05, 0.1) is 0 Å². The summed E-state index contributed by atoms with van der Waals surface area (Å²) in [5.74, 6) is -0.608. The van der Waals surface area contributed by atoms with Crippen LogP contribution >= 0.6 is 0 Å². The SMILES string of the molecule is CC(=O)N1CCC(c2cc3c(cc2C(F)F)N(c2nc(C(=O)OC=O)cc4cccnc24)CCC3)CC1. The van der Waals surface area contributed by atoms with Crippen molar-refractivity contribution in [1.82, 2.24) is 14.9 Å². The number of ether oxygens (including phenoxy) is 1. The van der Waals surface area contributed by atoms with E-state index in [0.717, 1.165) is 12.0 Å². The zero-order valence-electron chi connectivity index (χ0n) is 20.3. The predicted molar refractivity (Wildman–Crippen MR) is 132 cm³/mol. The number of hydrogen-bond donors (Lipinski definition) is 0. The minimum Gasteiger partial charge on any atom is -0.391 e. The first kappa shape index (κ1) is 24.7. The van der Waals surface area contributed by atoms with Gasteiger partial charge >= 0.3 is 12.4 Å². The fraction of sp³-hybridized carbons (Fsp3) is 0.370. The maximum absolute atomic E-state index is 14.4. The highest BCUT2D eigenvalue weighted by Crippen LogP contribution is 2.43. The highest BCUT2D eigenvalue weighted by atomic mass is 19.3. The normalized spacial score (nSPS) is 16.1. The number of carbonyl (C=O) groups excluding carboxylic acids is 3. The molecule has 0 bridgehead atoms. The van der Waals surface area contributed by atoms with E-state index in [2.05, 4.69) is 14.7 Å². The molecule has 0 radical (unpaired) electrons. The maximum atomic E-state index is 14.4. The van der Waals surface area contributed by atoms with Crippen LogP contribution in [0.4, 0.5) is 20.3 Å². The number of piperidine rings is 1. The van der Waals surface area contributed by atoms with E-state index in [0.29, 0.717) is 66.9 Å². The van der Waals surface area contributed by atoms with Gasteiger partial charge in [0, 0.05) is 49.4 Å². The van der Waals surface area contributed by atoms with Crippen molar-refractivity contribution in [3.05, 3.63) is 58.9 Å². The van der Waals surface area contributed by atoms with Crippen LogP contribution in [0.3, 0.4) is 0 Å². The Morgan fingerprint density at radius 1 is 1.16 bits per heavy atom. The summed E-state index contributed by atoms with van der Waals surface area (Å²) in [7, 11) is 0. The van der Waals surface area contributed by atoms with Crippen molar-refractivity contribution in [2.24, 2.45) is 0 Å². The molecule has 1 saturated heterocycles. The molecule has 5 rings (SSSR count). The summed E-state index contributed by atoms with van der Waals surface area (Å²) in [5, 5.41) is 0.611. The number of aryl methyl sites for hydroxylation is 1. The van der Waals surface area contributed by atoms with E-state index in [4.69, 9.17) is 0 Å². The Hall–Kier alpha value is -3.95. The average molecular weight is 509 g/mol. The first-order valence-corrected chi connectivity index (χ1v) is 12.3. The molecule has 192 valence electrons. The molecule has 2 aliphatic rings. The zero-order valence-corrected chi connectivity index (χ0v) is 20.3. The van der Waals surface area contributed by atoms with Gasteiger partial charge in [-0.05, 0) is 60.9 Å². The average Bonchev–Trinajstić information content (AvgIpc) is 2.91. The summed E-state index contributed by atoms with van der Waals surface area (Å²) in [6.45, 7) is 3.18. The number of pyridine rings is 2. The molecule has 0 unspecified atom stereocenters. The number of fused-ring (bicyclic) bond motifs is 2. The standard InChI is InChI=1S/C27H26F2N4O4/c1-16(35)32-10-6-17(7-11-32)20-12-18-5-3-9-33(23(18)14-21(20)25(28)29)26-24-19(4-2-8-30-24)13-22(31-26)27(36)37-15-34/h2,4,8,12-15,17,25H,3,5-7,9-11H2,1H3. The predicted octanol–water partition coefficient (Wildman–Crippen LogP) is 4.69. The molecule has 0 atom stereocenters. The second kappa shape index (κ2) is 10.2. The molecular formula is C27H26F2N4O4. The monoisotopic (exact) mass is 508 g/mol. The largest absolute Gasteiger partial charge is 0.391 e. The van der Waals surface area contributed by atoms with E-state index < -0.39 is 12.4 Å². The number of esters is 1. The zero-order chi connectivity index (χ0) is 26.1.